The van der Waals surface area contributed by atoms with Crippen molar-refractivity contribution < 1.29 is 4.92 Å². The van der Waals surface area contributed by atoms with Crippen LogP contribution < -0.4 is 10.6 Å². The molecule has 0 aliphatic carbocycles. The van der Waals surface area contributed by atoms with E-state index in [1.54, 1.807) is 12.1 Å². The van der Waals surface area contributed by atoms with Gasteiger partial charge in [0.15, 0.2) is 0 Å². The molecule has 9 heteroatoms. The molecule has 2 aromatic heterocycles. The molecular weight excluding hydrogens is 284 g/mol. The SMILES string of the molecule is CCNc1ncnc(Nc2ccc(Cl)cn2)c1[N+](=O)[O-]. The van der Waals surface area contributed by atoms with Gasteiger partial charge in [0.1, 0.15) is 12.1 Å². The second-order valence-electron chi connectivity index (χ2n) is 3.69. The standard InChI is InChI=1S/C11H11ClN6O2/c1-2-13-10-9(18(19)20)11(16-6-15-10)17-8-4-3-7(12)5-14-8/h3-6H,2H2,1H3,(H2,13,14,15,16,17). The minimum Gasteiger partial charge on any atom is -0.364 e. The summed E-state index contributed by atoms with van der Waals surface area (Å²) in [7, 11) is 0. The zero-order valence-corrected chi connectivity index (χ0v) is 11.3. The van der Waals surface area contributed by atoms with E-state index in [0.717, 1.165) is 0 Å². The van der Waals surface area contributed by atoms with E-state index < -0.39 is 4.92 Å². The number of anilines is 3. The highest BCUT2D eigenvalue weighted by atomic mass is 35.5. The first-order valence-electron chi connectivity index (χ1n) is 5.73. The summed E-state index contributed by atoms with van der Waals surface area (Å²) in [5.74, 6) is 0.624. The van der Waals surface area contributed by atoms with E-state index in [9.17, 15) is 10.1 Å². The molecule has 0 radical (unpaired) electrons. The van der Waals surface area contributed by atoms with Crippen LogP contribution in [0.2, 0.25) is 5.02 Å². The molecule has 2 heterocycles. The van der Waals surface area contributed by atoms with Gasteiger partial charge in [-0.05, 0) is 19.1 Å². The Labute approximate surface area is 119 Å². The molecule has 0 saturated heterocycles. The lowest BCUT2D eigenvalue weighted by molar-refractivity contribution is -0.383. The first-order chi connectivity index (χ1) is 9.61. The number of pyridine rings is 1. The molecule has 0 fully saturated rings. The number of aromatic nitrogens is 3. The third-order valence-electron chi connectivity index (χ3n) is 2.32. The Morgan fingerprint density at radius 3 is 2.65 bits per heavy atom. The second kappa shape index (κ2) is 6.11. The van der Waals surface area contributed by atoms with Crippen LogP contribution in [0.25, 0.3) is 0 Å². The first kappa shape index (κ1) is 13.9. The minimum atomic E-state index is -0.545. The highest BCUT2D eigenvalue weighted by molar-refractivity contribution is 6.30. The smallest absolute Gasteiger partial charge is 0.353 e. The van der Waals surface area contributed by atoms with Gasteiger partial charge in [-0.25, -0.2) is 15.0 Å². The summed E-state index contributed by atoms with van der Waals surface area (Å²) >= 11 is 5.73. The Balaban J connectivity index is 2.37. The minimum absolute atomic E-state index is 0.0655. The van der Waals surface area contributed by atoms with Crippen LogP contribution in [0.4, 0.5) is 23.1 Å². The van der Waals surface area contributed by atoms with Crippen LogP contribution in [0.1, 0.15) is 6.92 Å². The topological polar surface area (TPSA) is 106 Å². The van der Waals surface area contributed by atoms with Crippen LogP contribution in [0, 0.1) is 10.1 Å². The predicted octanol–water partition coefficient (Wildman–Crippen LogP) is 2.61. The van der Waals surface area contributed by atoms with E-state index in [4.69, 9.17) is 11.6 Å². The van der Waals surface area contributed by atoms with Gasteiger partial charge in [0, 0.05) is 12.7 Å². The largest absolute Gasteiger partial charge is 0.364 e. The highest BCUT2D eigenvalue weighted by Gasteiger charge is 2.22. The van der Waals surface area contributed by atoms with Gasteiger partial charge in [-0.2, -0.15) is 0 Å². The van der Waals surface area contributed by atoms with Gasteiger partial charge in [0.05, 0.1) is 9.95 Å². The quantitative estimate of drug-likeness (QED) is 0.645. The summed E-state index contributed by atoms with van der Waals surface area (Å²) in [6.07, 6.45) is 2.67. The molecule has 0 aliphatic heterocycles. The van der Waals surface area contributed by atoms with E-state index in [1.165, 1.54) is 12.5 Å². The van der Waals surface area contributed by atoms with E-state index in [1.807, 2.05) is 6.92 Å². The Bertz CT molecular complexity index is 619. The number of nitrogens with one attached hydrogen (secondary N) is 2. The summed E-state index contributed by atoms with van der Waals surface area (Å²) < 4.78 is 0. The van der Waals surface area contributed by atoms with E-state index in [-0.39, 0.29) is 17.3 Å². The number of nitro groups is 1. The van der Waals surface area contributed by atoms with E-state index in [0.29, 0.717) is 17.4 Å². The molecule has 2 rings (SSSR count). The number of nitrogens with zero attached hydrogens (tertiary/aromatic N) is 4. The fourth-order valence-electron chi connectivity index (χ4n) is 1.51. The Morgan fingerprint density at radius 2 is 2.05 bits per heavy atom. The van der Waals surface area contributed by atoms with Crippen LogP contribution in [-0.4, -0.2) is 26.4 Å². The molecule has 2 N–H and O–H groups in total. The maximum atomic E-state index is 11.2. The van der Waals surface area contributed by atoms with Crippen molar-refractivity contribution >= 4 is 34.7 Å². The molecule has 0 unspecified atom stereocenters. The van der Waals surface area contributed by atoms with Gasteiger partial charge in [0.2, 0.25) is 11.6 Å². The Hall–Kier alpha value is -2.48. The third kappa shape index (κ3) is 3.09. The molecule has 2 aromatic rings. The van der Waals surface area contributed by atoms with Crippen molar-refractivity contribution in [1.29, 1.82) is 0 Å². The van der Waals surface area contributed by atoms with Crippen molar-refractivity contribution in [3.63, 3.8) is 0 Å². The molecule has 0 aromatic carbocycles. The molecule has 0 saturated carbocycles. The molecular formula is C11H11ClN6O2. The monoisotopic (exact) mass is 294 g/mol. The van der Waals surface area contributed by atoms with Crippen LogP contribution in [0.15, 0.2) is 24.7 Å². The number of halogens is 1. The van der Waals surface area contributed by atoms with E-state index in [2.05, 4.69) is 25.6 Å². The zero-order chi connectivity index (χ0) is 14.5. The summed E-state index contributed by atoms with van der Waals surface area (Å²) in [4.78, 5) is 22.4. The Morgan fingerprint density at radius 1 is 1.30 bits per heavy atom. The molecule has 104 valence electrons. The van der Waals surface area contributed by atoms with Gasteiger partial charge in [-0.3, -0.25) is 10.1 Å². The summed E-state index contributed by atoms with van der Waals surface area (Å²) in [6, 6.07) is 3.22. The fourth-order valence-corrected chi connectivity index (χ4v) is 1.62. The van der Waals surface area contributed by atoms with Crippen molar-refractivity contribution in [2.45, 2.75) is 6.92 Å². The second-order valence-corrected chi connectivity index (χ2v) is 4.13. The lowest BCUT2D eigenvalue weighted by Crippen LogP contribution is -2.08. The Kier molecular flexibility index (Phi) is 4.26. The average molecular weight is 295 g/mol. The predicted molar refractivity (Wildman–Crippen MR) is 75.4 cm³/mol. The van der Waals surface area contributed by atoms with Crippen molar-refractivity contribution in [1.82, 2.24) is 15.0 Å². The maximum Gasteiger partial charge on any atom is 0.353 e. The molecule has 0 spiro atoms. The average Bonchev–Trinajstić information content (AvgIpc) is 2.41. The van der Waals surface area contributed by atoms with Crippen LogP contribution in [0.3, 0.4) is 0 Å². The summed E-state index contributed by atoms with van der Waals surface area (Å²) in [5, 5.41) is 17.2. The third-order valence-corrected chi connectivity index (χ3v) is 2.55. The fraction of sp³-hybridized carbons (Fsp3) is 0.182. The van der Waals surface area contributed by atoms with Gasteiger partial charge in [-0.15, -0.1) is 0 Å². The lowest BCUT2D eigenvalue weighted by atomic mass is 10.4. The van der Waals surface area contributed by atoms with Crippen LogP contribution >= 0.6 is 11.6 Å². The molecule has 8 nitrogen and oxygen atoms in total. The van der Waals surface area contributed by atoms with Crippen molar-refractivity contribution in [3.05, 3.63) is 39.8 Å². The number of hydrogen-bond donors (Lipinski definition) is 2. The van der Waals surface area contributed by atoms with Gasteiger partial charge in [0.25, 0.3) is 0 Å². The summed E-state index contributed by atoms with van der Waals surface area (Å²) in [6.45, 7) is 2.33. The zero-order valence-electron chi connectivity index (χ0n) is 10.5. The lowest BCUT2D eigenvalue weighted by Gasteiger charge is -2.08. The maximum absolute atomic E-state index is 11.2. The van der Waals surface area contributed by atoms with Crippen molar-refractivity contribution in [2.75, 3.05) is 17.2 Å². The summed E-state index contributed by atoms with van der Waals surface area (Å²) in [5.41, 5.74) is -0.230. The van der Waals surface area contributed by atoms with Gasteiger partial charge >= 0.3 is 5.69 Å². The van der Waals surface area contributed by atoms with Crippen LogP contribution in [-0.2, 0) is 0 Å². The van der Waals surface area contributed by atoms with Gasteiger partial charge < -0.3 is 10.6 Å². The molecule has 0 aliphatic rings. The van der Waals surface area contributed by atoms with E-state index >= 15 is 0 Å². The number of rotatable bonds is 5. The first-order valence-corrected chi connectivity index (χ1v) is 6.11. The van der Waals surface area contributed by atoms with Crippen molar-refractivity contribution in [3.8, 4) is 0 Å². The van der Waals surface area contributed by atoms with Crippen LogP contribution in [0.5, 0.6) is 0 Å². The van der Waals surface area contributed by atoms with Crippen molar-refractivity contribution in [2.24, 2.45) is 0 Å². The molecule has 20 heavy (non-hydrogen) atoms. The highest BCUT2D eigenvalue weighted by Crippen LogP contribution is 2.30. The molecule has 0 bridgehead atoms. The normalized spacial score (nSPS) is 10.1. The molecule has 0 atom stereocenters. The van der Waals surface area contributed by atoms with Gasteiger partial charge in [-0.1, -0.05) is 11.6 Å². The molecule has 0 amide bonds. The number of hydrogen-bond acceptors (Lipinski definition) is 7.